The first kappa shape index (κ1) is 14.8. The summed E-state index contributed by atoms with van der Waals surface area (Å²) in [5, 5.41) is 2.85. The van der Waals surface area contributed by atoms with Crippen LogP contribution < -0.4 is 11.1 Å². The number of carbonyl (C=O) groups excluding carboxylic acids is 1. The molecule has 1 aliphatic heterocycles. The fourth-order valence-corrected chi connectivity index (χ4v) is 2.31. The standard InChI is InChI=1S/C15H23N3O2/c16-13-5-1-2-6-14(13)17-15(19)7-3-8-18-9-4-11-20-12-10-18/h1-2,5-6H,3-4,7-12,16H2,(H,17,19). The molecule has 20 heavy (non-hydrogen) atoms. The highest BCUT2D eigenvalue weighted by Gasteiger charge is 2.10. The molecule has 1 aliphatic rings. The van der Waals surface area contributed by atoms with Crippen LogP contribution in [-0.4, -0.2) is 43.7 Å². The molecule has 1 amide bonds. The molecule has 1 saturated heterocycles. The number of hydrogen-bond acceptors (Lipinski definition) is 4. The molecule has 1 fully saturated rings. The summed E-state index contributed by atoms with van der Waals surface area (Å²) >= 11 is 0. The first-order chi connectivity index (χ1) is 9.75. The molecule has 0 aromatic heterocycles. The average molecular weight is 277 g/mol. The zero-order valence-electron chi connectivity index (χ0n) is 11.8. The Morgan fingerprint density at radius 2 is 2.15 bits per heavy atom. The first-order valence-electron chi connectivity index (χ1n) is 7.20. The fraction of sp³-hybridized carbons (Fsp3) is 0.533. The number of benzene rings is 1. The van der Waals surface area contributed by atoms with Gasteiger partial charge < -0.3 is 20.7 Å². The summed E-state index contributed by atoms with van der Waals surface area (Å²) in [5.41, 5.74) is 7.09. The third kappa shape index (κ3) is 4.83. The Kier molecular flexibility index (Phi) is 5.83. The van der Waals surface area contributed by atoms with E-state index in [1.165, 1.54) is 0 Å². The van der Waals surface area contributed by atoms with Crippen LogP contribution in [0.1, 0.15) is 19.3 Å². The van der Waals surface area contributed by atoms with E-state index in [0.717, 1.165) is 45.7 Å². The van der Waals surface area contributed by atoms with Gasteiger partial charge in [-0.1, -0.05) is 12.1 Å². The molecule has 0 bridgehead atoms. The molecule has 0 spiro atoms. The summed E-state index contributed by atoms with van der Waals surface area (Å²) in [6, 6.07) is 7.32. The van der Waals surface area contributed by atoms with Crippen molar-refractivity contribution in [2.75, 3.05) is 43.9 Å². The quantitative estimate of drug-likeness (QED) is 0.804. The van der Waals surface area contributed by atoms with Crippen molar-refractivity contribution in [1.82, 2.24) is 4.90 Å². The molecule has 0 radical (unpaired) electrons. The molecule has 3 N–H and O–H groups in total. The molecule has 1 aromatic carbocycles. The van der Waals surface area contributed by atoms with Crippen LogP contribution >= 0.6 is 0 Å². The van der Waals surface area contributed by atoms with Crippen LogP contribution in [-0.2, 0) is 9.53 Å². The third-order valence-corrected chi connectivity index (χ3v) is 3.43. The third-order valence-electron chi connectivity index (χ3n) is 3.43. The minimum atomic E-state index is 0.0222. The van der Waals surface area contributed by atoms with E-state index in [2.05, 4.69) is 10.2 Å². The molecular formula is C15H23N3O2. The number of ether oxygens (including phenoxy) is 1. The number of hydrogen-bond donors (Lipinski definition) is 2. The van der Waals surface area contributed by atoms with Crippen LogP contribution in [0.5, 0.6) is 0 Å². The van der Waals surface area contributed by atoms with Crippen LogP contribution in [0.25, 0.3) is 0 Å². The van der Waals surface area contributed by atoms with Gasteiger partial charge in [-0.3, -0.25) is 4.79 Å². The van der Waals surface area contributed by atoms with Gasteiger partial charge in [0.15, 0.2) is 0 Å². The van der Waals surface area contributed by atoms with Crippen molar-refractivity contribution >= 4 is 17.3 Å². The Bertz CT molecular complexity index is 429. The molecular weight excluding hydrogens is 254 g/mol. The van der Waals surface area contributed by atoms with Gasteiger partial charge in [0.1, 0.15) is 0 Å². The Labute approximate surface area is 120 Å². The largest absolute Gasteiger partial charge is 0.397 e. The summed E-state index contributed by atoms with van der Waals surface area (Å²) in [4.78, 5) is 14.2. The van der Waals surface area contributed by atoms with Gasteiger partial charge in [0, 0.05) is 26.1 Å². The Hall–Kier alpha value is -1.59. The van der Waals surface area contributed by atoms with Gasteiger partial charge in [-0.25, -0.2) is 0 Å². The van der Waals surface area contributed by atoms with E-state index in [1.807, 2.05) is 18.2 Å². The van der Waals surface area contributed by atoms with E-state index in [1.54, 1.807) is 6.07 Å². The maximum absolute atomic E-state index is 11.9. The number of anilines is 2. The molecule has 5 nitrogen and oxygen atoms in total. The van der Waals surface area contributed by atoms with E-state index in [0.29, 0.717) is 17.8 Å². The van der Waals surface area contributed by atoms with E-state index < -0.39 is 0 Å². The molecule has 0 atom stereocenters. The van der Waals surface area contributed by atoms with Crippen LogP contribution in [0, 0.1) is 0 Å². The van der Waals surface area contributed by atoms with Gasteiger partial charge in [-0.2, -0.15) is 0 Å². The van der Waals surface area contributed by atoms with E-state index in [9.17, 15) is 4.79 Å². The summed E-state index contributed by atoms with van der Waals surface area (Å²) < 4.78 is 5.41. The minimum absolute atomic E-state index is 0.0222. The van der Waals surface area contributed by atoms with Crippen molar-refractivity contribution in [2.45, 2.75) is 19.3 Å². The van der Waals surface area contributed by atoms with Crippen molar-refractivity contribution in [1.29, 1.82) is 0 Å². The predicted molar refractivity (Wildman–Crippen MR) is 80.6 cm³/mol. The Balaban J connectivity index is 1.68. The maximum Gasteiger partial charge on any atom is 0.224 e. The van der Waals surface area contributed by atoms with Gasteiger partial charge in [0.05, 0.1) is 18.0 Å². The van der Waals surface area contributed by atoms with Gasteiger partial charge in [-0.15, -0.1) is 0 Å². The van der Waals surface area contributed by atoms with Crippen molar-refractivity contribution in [3.63, 3.8) is 0 Å². The van der Waals surface area contributed by atoms with Gasteiger partial charge in [-0.05, 0) is 31.5 Å². The van der Waals surface area contributed by atoms with E-state index in [4.69, 9.17) is 10.5 Å². The number of carbonyl (C=O) groups is 1. The van der Waals surface area contributed by atoms with Crippen molar-refractivity contribution < 1.29 is 9.53 Å². The lowest BCUT2D eigenvalue weighted by Crippen LogP contribution is -2.28. The SMILES string of the molecule is Nc1ccccc1NC(=O)CCCN1CCCOCC1. The normalized spacial score (nSPS) is 16.6. The van der Waals surface area contributed by atoms with Crippen molar-refractivity contribution in [2.24, 2.45) is 0 Å². The van der Waals surface area contributed by atoms with Crippen molar-refractivity contribution in [3.8, 4) is 0 Å². The van der Waals surface area contributed by atoms with Crippen molar-refractivity contribution in [3.05, 3.63) is 24.3 Å². The Morgan fingerprint density at radius 3 is 3.00 bits per heavy atom. The second-order valence-electron chi connectivity index (χ2n) is 5.05. The molecule has 2 rings (SSSR count). The molecule has 0 saturated carbocycles. The molecule has 0 aliphatic carbocycles. The summed E-state index contributed by atoms with van der Waals surface area (Å²) in [6.07, 6.45) is 2.46. The van der Waals surface area contributed by atoms with Gasteiger partial charge >= 0.3 is 0 Å². The lowest BCUT2D eigenvalue weighted by atomic mass is 10.2. The number of nitrogens with zero attached hydrogens (tertiary/aromatic N) is 1. The highest BCUT2D eigenvalue weighted by molar-refractivity contribution is 5.93. The number of nitrogen functional groups attached to an aromatic ring is 1. The zero-order chi connectivity index (χ0) is 14.2. The highest BCUT2D eigenvalue weighted by atomic mass is 16.5. The number of para-hydroxylation sites is 2. The number of amides is 1. The molecule has 5 heteroatoms. The molecule has 1 aromatic rings. The number of nitrogens with one attached hydrogen (secondary N) is 1. The zero-order valence-corrected chi connectivity index (χ0v) is 11.8. The lowest BCUT2D eigenvalue weighted by molar-refractivity contribution is -0.116. The van der Waals surface area contributed by atoms with Gasteiger partial charge in [0.2, 0.25) is 5.91 Å². The topological polar surface area (TPSA) is 67.6 Å². The lowest BCUT2D eigenvalue weighted by Gasteiger charge is -2.18. The summed E-state index contributed by atoms with van der Waals surface area (Å²) in [7, 11) is 0. The predicted octanol–water partition coefficient (Wildman–Crippen LogP) is 1.71. The number of nitrogens with two attached hydrogens (primary N) is 1. The first-order valence-corrected chi connectivity index (χ1v) is 7.20. The van der Waals surface area contributed by atoms with E-state index in [-0.39, 0.29) is 5.91 Å². The summed E-state index contributed by atoms with van der Waals surface area (Å²) in [6.45, 7) is 4.62. The maximum atomic E-state index is 11.9. The second kappa shape index (κ2) is 7.87. The van der Waals surface area contributed by atoms with Crippen LogP contribution in [0.3, 0.4) is 0 Å². The van der Waals surface area contributed by atoms with Crippen LogP contribution in [0.4, 0.5) is 11.4 Å². The second-order valence-corrected chi connectivity index (χ2v) is 5.05. The average Bonchev–Trinajstić information content (AvgIpc) is 2.70. The van der Waals surface area contributed by atoms with Crippen LogP contribution in [0.15, 0.2) is 24.3 Å². The Morgan fingerprint density at radius 1 is 1.30 bits per heavy atom. The monoisotopic (exact) mass is 277 g/mol. The van der Waals surface area contributed by atoms with Crippen LogP contribution in [0.2, 0.25) is 0 Å². The highest BCUT2D eigenvalue weighted by Crippen LogP contribution is 2.17. The minimum Gasteiger partial charge on any atom is -0.397 e. The van der Waals surface area contributed by atoms with Gasteiger partial charge in [0.25, 0.3) is 0 Å². The number of rotatable bonds is 5. The smallest absolute Gasteiger partial charge is 0.224 e. The fourth-order valence-electron chi connectivity index (χ4n) is 2.31. The molecule has 110 valence electrons. The summed E-state index contributed by atoms with van der Waals surface area (Å²) in [5.74, 6) is 0.0222. The molecule has 1 heterocycles. The molecule has 0 unspecified atom stereocenters. The van der Waals surface area contributed by atoms with E-state index >= 15 is 0 Å².